The molecule has 0 bridgehead atoms. The third-order valence-electron chi connectivity index (χ3n) is 4.48. The van der Waals surface area contributed by atoms with Crippen molar-refractivity contribution in [3.05, 3.63) is 65.2 Å². The Balaban J connectivity index is 1.41. The van der Waals surface area contributed by atoms with Crippen molar-refractivity contribution in [2.45, 2.75) is 12.8 Å². The van der Waals surface area contributed by atoms with Crippen LogP contribution in [0.2, 0.25) is 5.02 Å². The highest BCUT2D eigenvalue weighted by Gasteiger charge is 2.24. The molecule has 0 unspecified atom stereocenters. The second-order valence-corrected chi connectivity index (χ2v) is 6.76. The summed E-state index contributed by atoms with van der Waals surface area (Å²) in [6, 6.07) is 15.9. The number of ether oxygens (including phenoxy) is 1. The molecule has 3 rings (SSSR count). The van der Waals surface area contributed by atoms with E-state index in [0.717, 1.165) is 12.8 Å². The van der Waals surface area contributed by atoms with E-state index in [9.17, 15) is 9.59 Å². The normalized spacial score (nSPS) is 14.7. The first kappa shape index (κ1) is 18.3. The van der Waals surface area contributed by atoms with Gasteiger partial charge >= 0.3 is 6.09 Å². The first-order valence-electron chi connectivity index (χ1n) is 8.67. The summed E-state index contributed by atoms with van der Waals surface area (Å²) in [6.45, 7) is 1.86. The number of rotatable bonds is 4. The molecule has 136 valence electrons. The third kappa shape index (κ3) is 4.99. The van der Waals surface area contributed by atoms with Gasteiger partial charge in [0.25, 0.3) is 5.91 Å². The Morgan fingerprint density at radius 1 is 1.04 bits per heavy atom. The molecule has 2 aromatic rings. The molecule has 26 heavy (non-hydrogen) atoms. The van der Waals surface area contributed by atoms with Gasteiger partial charge in [-0.05, 0) is 55.2 Å². The lowest BCUT2D eigenvalue weighted by Crippen LogP contribution is -2.42. The van der Waals surface area contributed by atoms with Crippen molar-refractivity contribution in [3.8, 4) is 5.75 Å². The van der Waals surface area contributed by atoms with Crippen LogP contribution in [0.15, 0.2) is 54.6 Å². The van der Waals surface area contributed by atoms with Crippen LogP contribution in [0.3, 0.4) is 0 Å². The Kier molecular flexibility index (Phi) is 6.12. The van der Waals surface area contributed by atoms with Gasteiger partial charge in [-0.3, -0.25) is 4.79 Å². The number of halogens is 1. The standard InChI is InChI=1S/C20H21ClN2O3/c21-17-8-6-16(7-9-17)19(24)22-14-15-10-12-23(13-11-15)20(25)26-18-4-2-1-3-5-18/h1-9,15H,10-14H2,(H,22,24). The smallest absolute Gasteiger partial charge is 0.410 e. The summed E-state index contributed by atoms with van der Waals surface area (Å²) in [5, 5.41) is 3.56. The van der Waals surface area contributed by atoms with Gasteiger partial charge in [0.1, 0.15) is 5.75 Å². The van der Waals surface area contributed by atoms with Crippen molar-refractivity contribution in [2.24, 2.45) is 5.92 Å². The summed E-state index contributed by atoms with van der Waals surface area (Å²) in [4.78, 5) is 26.0. The third-order valence-corrected chi connectivity index (χ3v) is 4.73. The molecular weight excluding hydrogens is 352 g/mol. The molecule has 0 spiro atoms. The van der Waals surface area contributed by atoms with E-state index >= 15 is 0 Å². The van der Waals surface area contributed by atoms with Crippen molar-refractivity contribution < 1.29 is 14.3 Å². The maximum absolute atomic E-state index is 12.2. The highest BCUT2D eigenvalue weighted by Crippen LogP contribution is 2.19. The number of likely N-dealkylation sites (tertiary alicyclic amines) is 1. The van der Waals surface area contributed by atoms with Crippen molar-refractivity contribution in [1.82, 2.24) is 10.2 Å². The molecule has 0 aliphatic carbocycles. The number of nitrogens with zero attached hydrogens (tertiary/aromatic N) is 1. The zero-order valence-corrected chi connectivity index (χ0v) is 15.1. The Hall–Kier alpha value is -2.53. The summed E-state index contributed by atoms with van der Waals surface area (Å²) in [6.07, 6.45) is 1.36. The van der Waals surface area contributed by atoms with E-state index in [1.54, 1.807) is 41.3 Å². The van der Waals surface area contributed by atoms with Crippen LogP contribution in [0.4, 0.5) is 4.79 Å². The van der Waals surface area contributed by atoms with Crippen molar-refractivity contribution in [3.63, 3.8) is 0 Å². The predicted octanol–water partition coefficient (Wildman–Crippen LogP) is 3.98. The van der Waals surface area contributed by atoms with E-state index in [4.69, 9.17) is 16.3 Å². The van der Waals surface area contributed by atoms with Crippen molar-refractivity contribution >= 4 is 23.6 Å². The molecule has 5 nitrogen and oxygen atoms in total. The lowest BCUT2D eigenvalue weighted by atomic mass is 9.97. The summed E-state index contributed by atoms with van der Waals surface area (Å²) < 4.78 is 5.36. The van der Waals surface area contributed by atoms with Gasteiger partial charge in [0.2, 0.25) is 0 Å². The van der Waals surface area contributed by atoms with Gasteiger partial charge in [-0.1, -0.05) is 29.8 Å². The molecule has 1 aliphatic heterocycles. The molecule has 0 saturated carbocycles. The van der Waals surface area contributed by atoms with Crippen LogP contribution in [0, 0.1) is 5.92 Å². The summed E-state index contributed by atoms with van der Waals surface area (Å²) >= 11 is 5.83. The molecule has 2 aromatic carbocycles. The number of hydrogen-bond acceptors (Lipinski definition) is 3. The maximum atomic E-state index is 12.2. The molecule has 1 fully saturated rings. The first-order chi connectivity index (χ1) is 12.6. The first-order valence-corrected chi connectivity index (χ1v) is 9.05. The monoisotopic (exact) mass is 372 g/mol. The van der Waals surface area contributed by atoms with E-state index in [1.165, 1.54) is 0 Å². The highest BCUT2D eigenvalue weighted by atomic mass is 35.5. The van der Waals surface area contributed by atoms with Gasteiger partial charge in [-0.2, -0.15) is 0 Å². The Labute approximate surface area is 157 Å². The SMILES string of the molecule is O=C(NCC1CCN(C(=O)Oc2ccccc2)CC1)c1ccc(Cl)cc1. The number of nitrogens with one attached hydrogen (secondary N) is 1. The molecule has 0 atom stereocenters. The Morgan fingerprint density at radius 2 is 1.69 bits per heavy atom. The number of piperidine rings is 1. The number of para-hydroxylation sites is 1. The van der Waals surface area contributed by atoms with Crippen LogP contribution in [0.1, 0.15) is 23.2 Å². The van der Waals surface area contributed by atoms with Gasteiger partial charge in [-0.25, -0.2) is 4.79 Å². The Bertz CT molecular complexity index is 741. The van der Waals surface area contributed by atoms with Crippen LogP contribution in [-0.4, -0.2) is 36.5 Å². The second kappa shape index (κ2) is 8.72. The molecular formula is C20H21ClN2O3. The molecule has 1 N–H and O–H groups in total. The number of benzene rings is 2. The molecule has 1 saturated heterocycles. The van der Waals surface area contributed by atoms with Gasteiger partial charge in [0.15, 0.2) is 0 Å². The second-order valence-electron chi connectivity index (χ2n) is 6.33. The fraction of sp³-hybridized carbons (Fsp3) is 0.300. The van der Waals surface area contributed by atoms with Gasteiger partial charge in [0.05, 0.1) is 0 Å². The minimum absolute atomic E-state index is 0.104. The summed E-state index contributed by atoms with van der Waals surface area (Å²) in [5.74, 6) is 0.800. The average Bonchev–Trinajstić information content (AvgIpc) is 2.68. The highest BCUT2D eigenvalue weighted by molar-refractivity contribution is 6.30. The van der Waals surface area contributed by atoms with Gasteiger partial charge < -0.3 is 15.0 Å². The van der Waals surface area contributed by atoms with Crippen LogP contribution in [-0.2, 0) is 0 Å². The molecule has 1 heterocycles. The number of carbonyl (C=O) groups is 2. The topological polar surface area (TPSA) is 58.6 Å². The molecule has 0 radical (unpaired) electrons. The van der Waals surface area contributed by atoms with E-state index < -0.39 is 0 Å². The number of carbonyl (C=O) groups excluding carboxylic acids is 2. The quantitative estimate of drug-likeness (QED) is 0.883. The minimum Gasteiger partial charge on any atom is -0.410 e. The predicted molar refractivity (Wildman–Crippen MR) is 101 cm³/mol. The van der Waals surface area contributed by atoms with E-state index in [1.807, 2.05) is 18.2 Å². The van der Waals surface area contributed by atoms with Crippen LogP contribution in [0.25, 0.3) is 0 Å². The molecule has 6 heteroatoms. The van der Waals surface area contributed by atoms with E-state index in [2.05, 4.69) is 5.32 Å². The largest absolute Gasteiger partial charge is 0.415 e. The van der Waals surface area contributed by atoms with E-state index in [0.29, 0.717) is 41.9 Å². The zero-order chi connectivity index (χ0) is 18.4. The lowest BCUT2D eigenvalue weighted by molar-refractivity contribution is 0.0931. The van der Waals surface area contributed by atoms with Crippen molar-refractivity contribution in [2.75, 3.05) is 19.6 Å². The minimum atomic E-state index is -0.320. The molecule has 1 aliphatic rings. The van der Waals surface area contributed by atoms with Crippen LogP contribution < -0.4 is 10.1 Å². The van der Waals surface area contributed by atoms with Gasteiger partial charge in [0, 0.05) is 30.2 Å². The van der Waals surface area contributed by atoms with Gasteiger partial charge in [-0.15, -0.1) is 0 Å². The lowest BCUT2D eigenvalue weighted by Gasteiger charge is -2.31. The fourth-order valence-corrected chi connectivity index (χ4v) is 3.04. The summed E-state index contributed by atoms with van der Waals surface area (Å²) in [7, 11) is 0. The van der Waals surface area contributed by atoms with Crippen LogP contribution in [0.5, 0.6) is 5.75 Å². The zero-order valence-electron chi connectivity index (χ0n) is 14.4. The summed E-state index contributed by atoms with van der Waals surface area (Å²) in [5.41, 5.74) is 0.596. The molecule has 2 amide bonds. The Morgan fingerprint density at radius 3 is 2.35 bits per heavy atom. The van der Waals surface area contributed by atoms with E-state index in [-0.39, 0.29) is 12.0 Å². The average molecular weight is 373 g/mol. The number of amides is 2. The number of hydrogen-bond donors (Lipinski definition) is 1. The van der Waals surface area contributed by atoms with Crippen molar-refractivity contribution in [1.29, 1.82) is 0 Å². The molecule has 0 aromatic heterocycles. The maximum Gasteiger partial charge on any atom is 0.415 e. The van der Waals surface area contributed by atoms with Crippen LogP contribution >= 0.6 is 11.6 Å². The fourth-order valence-electron chi connectivity index (χ4n) is 2.91.